The molecule has 6 heteroatoms. The van der Waals surface area contributed by atoms with Crippen LogP contribution in [0.2, 0.25) is 0 Å². The summed E-state index contributed by atoms with van der Waals surface area (Å²) in [5, 5.41) is 3.77. The zero-order chi connectivity index (χ0) is 18.9. The zero-order valence-corrected chi connectivity index (χ0v) is 15.1. The number of nitrogens with one attached hydrogen (secondary N) is 1. The maximum Gasteiger partial charge on any atom is 0.254 e. The highest BCUT2D eigenvalue weighted by atomic mass is 16.5. The average Bonchev–Trinajstić information content (AvgIpc) is 2.70. The Kier molecular flexibility index (Phi) is 6.71. The summed E-state index contributed by atoms with van der Waals surface area (Å²) in [6, 6.07) is 16.2. The Morgan fingerprint density at radius 3 is 2.33 bits per heavy atom. The number of ketones is 1. The smallest absolute Gasteiger partial charge is 0.254 e. The first-order valence-corrected chi connectivity index (χ1v) is 9.12. The summed E-state index contributed by atoms with van der Waals surface area (Å²) in [5.74, 6) is 0.895. The molecule has 1 amide bonds. The van der Waals surface area contributed by atoms with Crippen LogP contribution in [0.25, 0.3) is 0 Å². The number of ether oxygens (including phenoxy) is 1. The molecule has 0 spiro atoms. The summed E-state index contributed by atoms with van der Waals surface area (Å²) in [6.07, 6.45) is 4.60. The third kappa shape index (κ3) is 6.04. The zero-order valence-electron chi connectivity index (χ0n) is 15.1. The van der Waals surface area contributed by atoms with E-state index in [0.717, 1.165) is 37.9 Å². The molecular weight excluding hydrogens is 342 g/mol. The Hall–Kier alpha value is -2.99. The van der Waals surface area contributed by atoms with Crippen LogP contribution < -0.4 is 10.2 Å². The van der Waals surface area contributed by atoms with Gasteiger partial charge in [0.1, 0.15) is 11.5 Å². The summed E-state index contributed by atoms with van der Waals surface area (Å²) < 4.78 is 5.69. The van der Waals surface area contributed by atoms with E-state index in [1.807, 2.05) is 30.3 Å². The van der Waals surface area contributed by atoms with Crippen LogP contribution in [-0.2, 0) is 4.79 Å². The van der Waals surface area contributed by atoms with Gasteiger partial charge < -0.3 is 4.74 Å². The number of nitrogens with zero attached hydrogens (tertiary/aromatic N) is 2. The average molecular weight is 365 g/mol. The second kappa shape index (κ2) is 9.64. The fourth-order valence-electron chi connectivity index (χ4n) is 2.91. The summed E-state index contributed by atoms with van der Waals surface area (Å²) >= 11 is 0. The summed E-state index contributed by atoms with van der Waals surface area (Å²) in [4.78, 5) is 26.1. The molecule has 0 atom stereocenters. The lowest BCUT2D eigenvalue weighted by Crippen LogP contribution is -2.38. The number of hydrogen-bond acceptors (Lipinski definition) is 5. The predicted octanol–water partition coefficient (Wildman–Crippen LogP) is 3.25. The van der Waals surface area contributed by atoms with Gasteiger partial charge in [0, 0.05) is 5.56 Å². The fraction of sp³-hybridized carbons (Fsp3) is 0.286. The molecule has 0 unspecified atom stereocenters. The van der Waals surface area contributed by atoms with Crippen LogP contribution in [0.15, 0.2) is 59.7 Å². The van der Waals surface area contributed by atoms with Crippen LogP contribution in [0.5, 0.6) is 11.5 Å². The van der Waals surface area contributed by atoms with Crippen molar-refractivity contribution in [1.29, 1.82) is 0 Å². The molecule has 1 aliphatic heterocycles. The Balaban J connectivity index is 1.47. The van der Waals surface area contributed by atoms with Crippen molar-refractivity contribution in [2.75, 3.05) is 19.6 Å². The molecule has 1 N–H and O–H groups in total. The Bertz CT molecular complexity index is 782. The molecule has 2 aromatic rings. The van der Waals surface area contributed by atoms with E-state index < -0.39 is 0 Å². The molecule has 1 heterocycles. The number of benzene rings is 2. The second-order valence-corrected chi connectivity index (χ2v) is 6.43. The molecule has 1 saturated heterocycles. The highest BCUT2D eigenvalue weighted by Crippen LogP contribution is 2.21. The van der Waals surface area contributed by atoms with Crippen molar-refractivity contribution in [2.45, 2.75) is 19.3 Å². The lowest BCUT2D eigenvalue weighted by atomic mass is 10.1. The summed E-state index contributed by atoms with van der Waals surface area (Å²) in [6.45, 7) is 2.19. The van der Waals surface area contributed by atoms with E-state index in [9.17, 15) is 9.59 Å². The number of piperidine rings is 1. The molecule has 3 rings (SSSR count). The van der Waals surface area contributed by atoms with Crippen LogP contribution in [0, 0.1) is 0 Å². The first-order valence-electron chi connectivity index (χ1n) is 9.12. The number of amides is 1. The van der Waals surface area contributed by atoms with Crippen molar-refractivity contribution in [3.05, 3.63) is 60.2 Å². The molecule has 0 bridgehead atoms. The number of likely N-dealkylation sites (tertiary alicyclic amines) is 1. The number of carbonyl (C=O) groups excluding carboxylic acids is 2. The minimum Gasteiger partial charge on any atom is -0.457 e. The van der Waals surface area contributed by atoms with Crippen LogP contribution in [0.3, 0.4) is 0 Å². The monoisotopic (exact) mass is 365 g/mol. The third-order valence-corrected chi connectivity index (χ3v) is 4.30. The van der Waals surface area contributed by atoms with E-state index in [1.54, 1.807) is 24.3 Å². The lowest BCUT2D eigenvalue weighted by Gasteiger charge is -2.25. The molecule has 1 fully saturated rings. The Labute approximate surface area is 158 Å². The lowest BCUT2D eigenvalue weighted by molar-refractivity contribution is -0.122. The molecule has 1 aliphatic rings. The van der Waals surface area contributed by atoms with Crippen LogP contribution in [0.4, 0.5) is 0 Å². The minimum absolute atomic E-state index is 0.201. The van der Waals surface area contributed by atoms with E-state index in [-0.39, 0.29) is 11.7 Å². The molecule has 140 valence electrons. The molecule has 0 saturated carbocycles. The maximum absolute atomic E-state index is 12.1. The van der Waals surface area contributed by atoms with Crippen LogP contribution >= 0.6 is 0 Å². The highest BCUT2D eigenvalue weighted by Gasteiger charge is 2.13. The number of Topliss-reactive ketones (excluding diaryl/α,β-unsaturated/α-hetero) is 1. The Morgan fingerprint density at radius 2 is 1.63 bits per heavy atom. The molecule has 0 aliphatic carbocycles. The predicted molar refractivity (Wildman–Crippen MR) is 104 cm³/mol. The van der Waals surface area contributed by atoms with Gasteiger partial charge in [0.05, 0.1) is 12.8 Å². The highest BCUT2D eigenvalue weighted by molar-refractivity contribution is 6.35. The first kappa shape index (κ1) is 18.8. The molecule has 6 nitrogen and oxygen atoms in total. The van der Waals surface area contributed by atoms with E-state index in [2.05, 4.69) is 15.4 Å². The van der Waals surface area contributed by atoms with Gasteiger partial charge in [-0.2, -0.15) is 5.10 Å². The largest absolute Gasteiger partial charge is 0.457 e. The van der Waals surface area contributed by atoms with Gasteiger partial charge in [-0.25, -0.2) is 5.43 Å². The number of para-hydroxylation sites is 1. The molecule has 27 heavy (non-hydrogen) atoms. The van der Waals surface area contributed by atoms with Crippen LogP contribution in [0.1, 0.15) is 29.6 Å². The second-order valence-electron chi connectivity index (χ2n) is 6.43. The van der Waals surface area contributed by atoms with Crippen molar-refractivity contribution in [1.82, 2.24) is 10.3 Å². The molecule has 0 radical (unpaired) electrons. The molecule has 0 aromatic heterocycles. The van der Waals surface area contributed by atoms with Gasteiger partial charge >= 0.3 is 0 Å². The quantitative estimate of drug-likeness (QED) is 0.464. The standard InChI is InChI=1S/C21H23N3O3/c25-20(15-22-23-21(26)16-24-13-5-2-6-14-24)17-9-11-19(12-10-17)27-18-7-3-1-4-8-18/h1,3-4,7-12,15H,2,5-6,13-14,16H2,(H,23,26)/b22-15-. The van der Waals surface area contributed by atoms with Gasteiger partial charge in [0.25, 0.3) is 5.91 Å². The minimum atomic E-state index is -0.278. The number of carbonyl (C=O) groups is 2. The summed E-state index contributed by atoms with van der Waals surface area (Å²) in [7, 11) is 0. The van der Waals surface area contributed by atoms with Crippen molar-refractivity contribution in [3.8, 4) is 11.5 Å². The summed E-state index contributed by atoms with van der Waals surface area (Å²) in [5.41, 5.74) is 2.89. The van der Waals surface area contributed by atoms with Gasteiger partial charge in [-0.3, -0.25) is 14.5 Å². The van der Waals surface area contributed by atoms with Crippen molar-refractivity contribution < 1.29 is 14.3 Å². The van der Waals surface area contributed by atoms with E-state index in [4.69, 9.17) is 4.74 Å². The molecule has 2 aromatic carbocycles. The molecular formula is C21H23N3O3. The fourth-order valence-corrected chi connectivity index (χ4v) is 2.91. The third-order valence-electron chi connectivity index (χ3n) is 4.30. The van der Waals surface area contributed by atoms with E-state index in [1.165, 1.54) is 6.42 Å². The van der Waals surface area contributed by atoms with Gasteiger partial charge in [0.15, 0.2) is 0 Å². The first-order chi connectivity index (χ1) is 13.2. The number of hydrogen-bond donors (Lipinski definition) is 1. The van der Waals surface area contributed by atoms with Crippen molar-refractivity contribution in [2.24, 2.45) is 5.10 Å². The van der Waals surface area contributed by atoms with Gasteiger partial charge in [0.2, 0.25) is 5.78 Å². The van der Waals surface area contributed by atoms with Crippen molar-refractivity contribution in [3.63, 3.8) is 0 Å². The van der Waals surface area contributed by atoms with Gasteiger partial charge in [-0.05, 0) is 62.3 Å². The van der Waals surface area contributed by atoms with Crippen molar-refractivity contribution >= 4 is 17.9 Å². The van der Waals surface area contributed by atoms with E-state index in [0.29, 0.717) is 17.9 Å². The van der Waals surface area contributed by atoms with E-state index >= 15 is 0 Å². The van der Waals surface area contributed by atoms with Crippen LogP contribution in [-0.4, -0.2) is 42.4 Å². The van der Waals surface area contributed by atoms with Gasteiger partial charge in [-0.1, -0.05) is 24.6 Å². The number of hydrazone groups is 1. The SMILES string of the molecule is O=C(CN1CCCCC1)N/N=C\C(=O)c1ccc(Oc2ccccc2)cc1. The number of rotatable bonds is 7. The maximum atomic E-state index is 12.1. The van der Waals surface area contributed by atoms with Gasteiger partial charge in [-0.15, -0.1) is 0 Å². The topological polar surface area (TPSA) is 71.0 Å². The Morgan fingerprint density at radius 1 is 0.963 bits per heavy atom. The normalized spacial score (nSPS) is 14.8.